The fraction of sp³-hybridized carbons (Fsp3) is 0.211. The second-order valence-corrected chi connectivity index (χ2v) is 6.46. The van der Waals surface area contributed by atoms with Crippen molar-refractivity contribution >= 4 is 28.2 Å². The number of hydrogen-bond donors (Lipinski definition) is 2. The van der Waals surface area contributed by atoms with Gasteiger partial charge in [0.1, 0.15) is 0 Å². The molecule has 0 saturated heterocycles. The average Bonchev–Trinajstić information content (AvgIpc) is 2.69. The van der Waals surface area contributed by atoms with Crippen LogP contribution in [0.3, 0.4) is 0 Å². The molecule has 0 saturated carbocycles. The first-order valence-electron chi connectivity index (χ1n) is 8.39. The van der Waals surface area contributed by atoms with Gasteiger partial charge >= 0.3 is 0 Å². The van der Waals surface area contributed by atoms with E-state index in [0.717, 1.165) is 16.6 Å². The van der Waals surface area contributed by atoms with Crippen LogP contribution in [-0.2, 0) is 6.54 Å². The maximum atomic E-state index is 13.6. The summed E-state index contributed by atoms with van der Waals surface area (Å²) in [6.07, 6.45) is 2.19. The minimum absolute atomic E-state index is 0.307. The molecule has 0 radical (unpaired) electrons. The summed E-state index contributed by atoms with van der Waals surface area (Å²) in [7, 11) is 0. The van der Waals surface area contributed by atoms with Crippen molar-refractivity contribution < 1.29 is 22.0 Å². The maximum Gasteiger partial charge on any atom is 0.200 e. The highest BCUT2D eigenvalue weighted by Crippen LogP contribution is 2.24. The van der Waals surface area contributed by atoms with Gasteiger partial charge in [-0.25, -0.2) is 22.0 Å². The van der Waals surface area contributed by atoms with Gasteiger partial charge in [-0.05, 0) is 37.2 Å². The van der Waals surface area contributed by atoms with Crippen LogP contribution in [-0.4, -0.2) is 18.1 Å². The number of rotatable bonds is 7. The van der Waals surface area contributed by atoms with Gasteiger partial charge < -0.3 is 10.6 Å². The van der Waals surface area contributed by atoms with E-state index in [4.69, 9.17) is 11.6 Å². The summed E-state index contributed by atoms with van der Waals surface area (Å²) in [6.45, 7) is 0.357. The summed E-state index contributed by atoms with van der Waals surface area (Å²) >= 11 is 5.94. The number of nitrogens with one attached hydrogen (secondary N) is 2. The van der Waals surface area contributed by atoms with Crippen molar-refractivity contribution in [1.82, 2.24) is 10.3 Å². The molecule has 3 rings (SSSR count). The molecule has 148 valence electrons. The van der Waals surface area contributed by atoms with Crippen molar-refractivity contribution in [3.8, 4) is 0 Å². The van der Waals surface area contributed by atoms with Gasteiger partial charge in [0.25, 0.3) is 0 Å². The van der Waals surface area contributed by atoms with Crippen LogP contribution in [0.5, 0.6) is 0 Å². The van der Waals surface area contributed by atoms with E-state index >= 15 is 0 Å². The molecular formula is C19H15ClF5N3. The zero-order valence-electron chi connectivity index (χ0n) is 14.4. The topological polar surface area (TPSA) is 37.0 Å². The minimum Gasteiger partial charge on any atom is -0.384 e. The van der Waals surface area contributed by atoms with E-state index in [2.05, 4.69) is 15.6 Å². The van der Waals surface area contributed by atoms with Crippen LogP contribution in [0, 0.1) is 29.1 Å². The highest BCUT2D eigenvalue weighted by atomic mass is 35.5. The third-order valence-electron chi connectivity index (χ3n) is 4.15. The Morgan fingerprint density at radius 1 is 0.857 bits per heavy atom. The van der Waals surface area contributed by atoms with Gasteiger partial charge in [0.15, 0.2) is 23.3 Å². The van der Waals surface area contributed by atoms with Crippen molar-refractivity contribution in [1.29, 1.82) is 0 Å². The van der Waals surface area contributed by atoms with Gasteiger partial charge in [-0.1, -0.05) is 11.6 Å². The molecule has 0 aliphatic rings. The molecule has 0 atom stereocenters. The lowest BCUT2D eigenvalue weighted by atomic mass is 10.1. The number of anilines is 1. The largest absolute Gasteiger partial charge is 0.384 e. The first-order valence-corrected chi connectivity index (χ1v) is 8.77. The Hall–Kier alpha value is -2.45. The number of aromatic nitrogens is 1. The molecule has 1 aromatic heterocycles. The molecular weight excluding hydrogens is 401 g/mol. The lowest BCUT2D eigenvalue weighted by molar-refractivity contribution is 0.367. The summed E-state index contributed by atoms with van der Waals surface area (Å²) < 4.78 is 66.5. The van der Waals surface area contributed by atoms with Gasteiger partial charge in [-0.2, -0.15) is 0 Å². The normalized spacial score (nSPS) is 11.2. The lowest BCUT2D eigenvalue weighted by Crippen LogP contribution is -2.20. The summed E-state index contributed by atoms with van der Waals surface area (Å²) in [5.74, 6) is -9.68. The van der Waals surface area contributed by atoms with Crippen LogP contribution in [0.25, 0.3) is 10.9 Å². The van der Waals surface area contributed by atoms with Crippen LogP contribution < -0.4 is 10.6 Å². The quantitative estimate of drug-likeness (QED) is 0.242. The predicted molar refractivity (Wildman–Crippen MR) is 97.8 cm³/mol. The highest BCUT2D eigenvalue weighted by Gasteiger charge is 2.25. The van der Waals surface area contributed by atoms with E-state index in [1.165, 1.54) is 0 Å². The molecule has 3 aromatic rings. The van der Waals surface area contributed by atoms with Crippen molar-refractivity contribution in [3.63, 3.8) is 0 Å². The fourth-order valence-corrected chi connectivity index (χ4v) is 2.90. The van der Waals surface area contributed by atoms with Gasteiger partial charge in [0, 0.05) is 40.9 Å². The predicted octanol–water partition coefficient (Wildman–Crippen LogP) is 5.18. The summed E-state index contributed by atoms with van der Waals surface area (Å²) in [5, 5.41) is 7.36. The second kappa shape index (κ2) is 8.70. The Bertz CT molecular complexity index is 984. The molecule has 0 aliphatic heterocycles. The van der Waals surface area contributed by atoms with E-state index in [1.54, 1.807) is 24.4 Å². The Morgan fingerprint density at radius 3 is 2.25 bits per heavy atom. The first-order chi connectivity index (χ1) is 13.4. The van der Waals surface area contributed by atoms with Crippen LogP contribution in [0.15, 0.2) is 30.5 Å². The molecule has 1 heterocycles. The molecule has 0 aliphatic carbocycles. The number of halogens is 6. The van der Waals surface area contributed by atoms with Gasteiger partial charge in [-0.3, -0.25) is 4.98 Å². The number of fused-ring (bicyclic) bond motifs is 1. The average molecular weight is 416 g/mol. The first kappa shape index (κ1) is 20.3. The van der Waals surface area contributed by atoms with E-state index < -0.39 is 41.2 Å². The molecule has 0 fully saturated rings. The molecule has 28 heavy (non-hydrogen) atoms. The van der Waals surface area contributed by atoms with E-state index in [9.17, 15) is 22.0 Å². The van der Waals surface area contributed by atoms with E-state index in [0.29, 0.717) is 24.5 Å². The van der Waals surface area contributed by atoms with Crippen LogP contribution >= 0.6 is 11.6 Å². The summed E-state index contributed by atoms with van der Waals surface area (Å²) in [5.41, 5.74) is 0.713. The molecule has 3 nitrogen and oxygen atoms in total. The smallest absolute Gasteiger partial charge is 0.200 e. The molecule has 0 amide bonds. The Morgan fingerprint density at radius 2 is 1.54 bits per heavy atom. The van der Waals surface area contributed by atoms with Crippen molar-refractivity contribution in [2.45, 2.75) is 13.0 Å². The molecule has 2 N–H and O–H groups in total. The van der Waals surface area contributed by atoms with Crippen molar-refractivity contribution in [2.24, 2.45) is 0 Å². The number of pyridine rings is 1. The Labute approximate surface area is 162 Å². The summed E-state index contributed by atoms with van der Waals surface area (Å²) in [6, 6.07) is 7.14. The fourth-order valence-electron chi connectivity index (χ4n) is 2.73. The lowest BCUT2D eigenvalue weighted by Gasteiger charge is -2.11. The Balaban J connectivity index is 1.53. The third-order valence-corrected chi connectivity index (χ3v) is 4.39. The van der Waals surface area contributed by atoms with E-state index in [1.807, 2.05) is 6.07 Å². The van der Waals surface area contributed by atoms with Gasteiger partial charge in [0.2, 0.25) is 5.82 Å². The molecule has 2 aromatic carbocycles. The van der Waals surface area contributed by atoms with Crippen LogP contribution in [0.2, 0.25) is 5.02 Å². The number of benzene rings is 2. The highest BCUT2D eigenvalue weighted by molar-refractivity contribution is 6.31. The minimum atomic E-state index is -2.16. The summed E-state index contributed by atoms with van der Waals surface area (Å²) in [4.78, 5) is 4.24. The molecule has 0 unspecified atom stereocenters. The van der Waals surface area contributed by atoms with Gasteiger partial charge in [-0.15, -0.1) is 0 Å². The second-order valence-electron chi connectivity index (χ2n) is 6.03. The zero-order chi connectivity index (χ0) is 20.3. The van der Waals surface area contributed by atoms with Crippen molar-refractivity contribution in [2.75, 3.05) is 18.4 Å². The Kier molecular flexibility index (Phi) is 6.31. The maximum absolute atomic E-state index is 13.6. The SMILES string of the molecule is Fc1c(F)c(F)c(CNCCCNc2ccnc3cc(Cl)ccc23)c(F)c1F. The third kappa shape index (κ3) is 4.18. The van der Waals surface area contributed by atoms with Crippen LogP contribution in [0.4, 0.5) is 27.6 Å². The molecule has 9 heteroatoms. The standard InChI is InChI=1S/C19H15ClF5N3/c20-10-2-3-11-13(4-7-28-14(11)8-10)27-6-1-5-26-9-12-15(21)17(23)19(25)18(24)16(12)22/h2-4,7-8,26H,1,5-6,9H2,(H,27,28). The van der Waals surface area contributed by atoms with Crippen molar-refractivity contribution in [3.05, 3.63) is 70.1 Å². The van der Waals surface area contributed by atoms with Gasteiger partial charge in [0.05, 0.1) is 5.52 Å². The number of hydrogen-bond acceptors (Lipinski definition) is 3. The van der Waals surface area contributed by atoms with Crippen LogP contribution in [0.1, 0.15) is 12.0 Å². The number of nitrogens with zero attached hydrogens (tertiary/aromatic N) is 1. The molecule has 0 spiro atoms. The monoisotopic (exact) mass is 415 g/mol. The van der Waals surface area contributed by atoms with E-state index in [-0.39, 0.29) is 0 Å². The zero-order valence-corrected chi connectivity index (χ0v) is 15.2. The molecule has 0 bridgehead atoms.